The summed E-state index contributed by atoms with van der Waals surface area (Å²) in [7, 11) is 0. The molecule has 0 unspecified atom stereocenters. The van der Waals surface area contributed by atoms with Crippen molar-refractivity contribution in [3.05, 3.63) is 65.2 Å². The van der Waals surface area contributed by atoms with Crippen LogP contribution in [0.25, 0.3) is 10.6 Å². The zero-order valence-corrected chi connectivity index (χ0v) is 22.5. The van der Waals surface area contributed by atoms with Crippen molar-refractivity contribution >= 4 is 23.1 Å². The minimum Gasteiger partial charge on any atom is -0.455 e. The molecule has 1 aliphatic heterocycles. The Hall–Kier alpha value is -2.61. The van der Waals surface area contributed by atoms with E-state index in [1.54, 1.807) is 20.8 Å². The molecule has 0 fully saturated rings. The van der Waals surface area contributed by atoms with E-state index in [-0.39, 0.29) is 18.1 Å². The third-order valence-electron chi connectivity index (χ3n) is 7.00. The summed E-state index contributed by atoms with van der Waals surface area (Å²) >= 11 is 1.49. The monoisotopic (exact) mass is 511 g/mol. The highest BCUT2D eigenvalue weighted by atomic mass is 32.1. The molecule has 3 rings (SSSR count). The van der Waals surface area contributed by atoms with Gasteiger partial charge in [0.25, 0.3) is 0 Å². The second kappa shape index (κ2) is 12.1. The van der Waals surface area contributed by atoms with E-state index in [2.05, 4.69) is 0 Å². The number of allylic oxidation sites excluding steroid dienone is 2. The van der Waals surface area contributed by atoms with Crippen molar-refractivity contribution in [2.45, 2.75) is 72.2 Å². The third-order valence-corrected chi connectivity index (χ3v) is 7.91. The maximum atomic E-state index is 13.2. The van der Waals surface area contributed by atoms with Crippen molar-refractivity contribution in [3.63, 3.8) is 0 Å². The summed E-state index contributed by atoms with van der Waals surface area (Å²) in [5.74, 6) is -1.82. The van der Waals surface area contributed by atoms with Gasteiger partial charge >= 0.3 is 5.97 Å². The standard InChI is InChI=1S/C29H37NO5S/c1-18-10-9-11-19(2)26(33)20(3)27(34)29(4,5)24(31)16-25(32)35-23(15-14-18)22-17-36-28(30-22)21-12-7-6-8-13-21/h6-9,11-14,17,19-20,23-24,26,31,33H,10,15-16H2,1-5H3/b11-9-,18-14-/t19-,20-,23+,24-,26-/m1/s1. The molecule has 2 N–H and O–H groups in total. The summed E-state index contributed by atoms with van der Waals surface area (Å²) in [5.41, 5.74) is 1.51. The lowest BCUT2D eigenvalue weighted by molar-refractivity contribution is -0.156. The summed E-state index contributed by atoms with van der Waals surface area (Å²) in [6, 6.07) is 9.82. The zero-order valence-electron chi connectivity index (χ0n) is 21.7. The number of cyclic esters (lactones) is 1. The molecule has 0 amide bonds. The Balaban J connectivity index is 1.91. The number of aliphatic hydroxyl groups is 2. The second-order valence-electron chi connectivity index (χ2n) is 10.3. The fourth-order valence-electron chi connectivity index (χ4n) is 4.33. The quantitative estimate of drug-likeness (QED) is 0.398. The first kappa shape index (κ1) is 28.0. The molecule has 0 radical (unpaired) electrons. The van der Waals surface area contributed by atoms with Crippen molar-refractivity contribution in [1.82, 2.24) is 4.98 Å². The van der Waals surface area contributed by atoms with Gasteiger partial charge in [-0.3, -0.25) is 9.59 Å². The highest BCUT2D eigenvalue weighted by Crippen LogP contribution is 2.33. The van der Waals surface area contributed by atoms with Crippen LogP contribution in [-0.2, 0) is 14.3 Å². The molecule has 1 aromatic carbocycles. The van der Waals surface area contributed by atoms with Gasteiger partial charge in [-0.2, -0.15) is 0 Å². The van der Waals surface area contributed by atoms with Gasteiger partial charge in [0, 0.05) is 29.2 Å². The van der Waals surface area contributed by atoms with Crippen molar-refractivity contribution in [3.8, 4) is 10.6 Å². The Morgan fingerprint density at radius 2 is 1.81 bits per heavy atom. The molecule has 6 nitrogen and oxygen atoms in total. The van der Waals surface area contributed by atoms with Crippen LogP contribution in [0.15, 0.2) is 59.5 Å². The van der Waals surface area contributed by atoms with Crippen LogP contribution in [0, 0.1) is 17.3 Å². The molecular formula is C29H37NO5S. The normalized spacial score (nSPS) is 30.8. The van der Waals surface area contributed by atoms with E-state index < -0.39 is 35.6 Å². The fourth-order valence-corrected chi connectivity index (χ4v) is 5.20. The highest BCUT2D eigenvalue weighted by Gasteiger charge is 2.42. The molecule has 0 aliphatic carbocycles. The van der Waals surface area contributed by atoms with Gasteiger partial charge in [-0.15, -0.1) is 11.3 Å². The Labute approximate surface area is 217 Å². The lowest BCUT2D eigenvalue weighted by Gasteiger charge is -2.34. The number of carbonyl (C=O) groups excluding carboxylic acids is 2. The second-order valence-corrected chi connectivity index (χ2v) is 11.1. The Bertz CT molecular complexity index is 1100. The van der Waals surface area contributed by atoms with Crippen LogP contribution >= 0.6 is 11.3 Å². The summed E-state index contributed by atoms with van der Waals surface area (Å²) in [4.78, 5) is 30.8. The molecule has 5 atom stereocenters. The number of ketones is 1. The summed E-state index contributed by atoms with van der Waals surface area (Å²) in [6.45, 7) is 8.76. The Morgan fingerprint density at radius 3 is 2.50 bits per heavy atom. The molecule has 7 heteroatoms. The maximum absolute atomic E-state index is 13.2. The number of esters is 1. The molecule has 0 bridgehead atoms. The largest absolute Gasteiger partial charge is 0.455 e. The van der Waals surface area contributed by atoms with Gasteiger partial charge in [-0.25, -0.2) is 4.98 Å². The van der Waals surface area contributed by atoms with Gasteiger partial charge in [-0.05, 0) is 13.3 Å². The first-order valence-corrected chi connectivity index (χ1v) is 13.3. The Kier molecular flexibility index (Phi) is 9.39. The maximum Gasteiger partial charge on any atom is 0.309 e. The topological polar surface area (TPSA) is 96.7 Å². The van der Waals surface area contributed by atoms with Crippen LogP contribution in [-0.4, -0.2) is 39.2 Å². The van der Waals surface area contributed by atoms with Crippen LogP contribution in [0.1, 0.15) is 65.7 Å². The number of hydrogen-bond acceptors (Lipinski definition) is 7. The van der Waals surface area contributed by atoms with Crippen LogP contribution in [0.2, 0.25) is 0 Å². The van der Waals surface area contributed by atoms with Gasteiger partial charge < -0.3 is 14.9 Å². The van der Waals surface area contributed by atoms with Gasteiger partial charge in [-0.1, -0.05) is 81.8 Å². The molecule has 2 heterocycles. The number of aromatic nitrogens is 1. The van der Waals surface area contributed by atoms with Crippen molar-refractivity contribution in [1.29, 1.82) is 0 Å². The number of aliphatic hydroxyl groups excluding tert-OH is 2. The molecule has 0 saturated carbocycles. The average molecular weight is 512 g/mol. The van der Waals surface area contributed by atoms with Gasteiger partial charge in [0.1, 0.15) is 16.9 Å². The highest BCUT2D eigenvalue weighted by molar-refractivity contribution is 7.13. The fraction of sp³-hybridized carbons (Fsp3) is 0.483. The minimum absolute atomic E-state index is 0.235. The predicted molar refractivity (Wildman–Crippen MR) is 142 cm³/mol. The SMILES string of the molecule is C/C1=C/C[C@@H](c2csc(-c3ccccc3)n2)OC(=O)C[C@@H](O)C(C)(C)C(=O)[C@H](C)[C@H](O)[C@H](C)/C=C\C1. The number of hydrogen-bond donors (Lipinski definition) is 2. The number of carbonyl (C=O) groups is 2. The molecule has 1 aliphatic rings. The molecule has 0 saturated heterocycles. The van der Waals surface area contributed by atoms with Crippen LogP contribution in [0.3, 0.4) is 0 Å². The molecule has 1 aromatic heterocycles. The molecule has 0 spiro atoms. The number of ether oxygens (including phenoxy) is 1. The summed E-state index contributed by atoms with van der Waals surface area (Å²) in [5, 5.41) is 24.3. The lowest BCUT2D eigenvalue weighted by atomic mass is 9.73. The Morgan fingerprint density at radius 1 is 1.11 bits per heavy atom. The van der Waals surface area contributed by atoms with Crippen molar-refractivity contribution in [2.75, 3.05) is 0 Å². The van der Waals surface area contributed by atoms with Gasteiger partial charge in [0.15, 0.2) is 0 Å². The van der Waals surface area contributed by atoms with E-state index in [0.29, 0.717) is 18.5 Å². The number of Topliss-reactive ketones (excluding diaryl/α,β-unsaturated/α-hetero) is 1. The number of rotatable bonds is 2. The minimum atomic E-state index is -1.25. The molecular weight excluding hydrogens is 474 g/mol. The predicted octanol–water partition coefficient (Wildman–Crippen LogP) is 5.67. The number of benzene rings is 1. The molecule has 194 valence electrons. The smallest absolute Gasteiger partial charge is 0.309 e. The van der Waals surface area contributed by atoms with E-state index in [0.717, 1.165) is 16.1 Å². The van der Waals surface area contributed by atoms with Crippen molar-refractivity contribution in [2.24, 2.45) is 17.3 Å². The van der Waals surface area contributed by atoms with Crippen LogP contribution in [0.4, 0.5) is 0 Å². The van der Waals surface area contributed by atoms with E-state index >= 15 is 0 Å². The summed E-state index contributed by atoms with van der Waals surface area (Å²) < 4.78 is 5.82. The van der Waals surface area contributed by atoms with E-state index in [1.807, 2.05) is 67.8 Å². The van der Waals surface area contributed by atoms with Crippen molar-refractivity contribution < 1.29 is 24.5 Å². The van der Waals surface area contributed by atoms with Gasteiger partial charge in [0.2, 0.25) is 0 Å². The van der Waals surface area contributed by atoms with E-state index in [1.165, 1.54) is 11.3 Å². The number of thiazole rings is 1. The average Bonchev–Trinajstić information content (AvgIpc) is 3.35. The molecule has 36 heavy (non-hydrogen) atoms. The third kappa shape index (κ3) is 6.78. The first-order valence-electron chi connectivity index (χ1n) is 12.4. The molecule has 2 aromatic rings. The lowest BCUT2D eigenvalue weighted by Crippen LogP contribution is -2.45. The number of nitrogens with zero attached hydrogens (tertiary/aromatic N) is 1. The van der Waals surface area contributed by atoms with E-state index in [9.17, 15) is 19.8 Å². The van der Waals surface area contributed by atoms with Gasteiger partial charge in [0.05, 0.1) is 29.7 Å². The first-order chi connectivity index (χ1) is 17.0. The van der Waals surface area contributed by atoms with E-state index in [4.69, 9.17) is 9.72 Å². The van der Waals surface area contributed by atoms with Crippen LogP contribution < -0.4 is 0 Å². The summed E-state index contributed by atoms with van der Waals surface area (Å²) in [6.07, 6.45) is 3.98. The zero-order chi connectivity index (χ0) is 26.5. The van der Waals surface area contributed by atoms with Crippen LogP contribution in [0.5, 0.6) is 0 Å².